The number of likely N-dealkylation sites (N-methyl/N-ethyl adjacent to an activating group) is 1. The summed E-state index contributed by atoms with van der Waals surface area (Å²) in [5, 5.41) is 0.452. The van der Waals surface area contributed by atoms with Crippen LogP contribution < -0.4 is 0 Å². The number of nitrogens with zero attached hydrogens (tertiary/aromatic N) is 2. The highest BCUT2D eigenvalue weighted by molar-refractivity contribution is 6.31. The van der Waals surface area contributed by atoms with E-state index in [1.54, 1.807) is 27.2 Å². The van der Waals surface area contributed by atoms with E-state index >= 15 is 0 Å². The van der Waals surface area contributed by atoms with Gasteiger partial charge in [-0.05, 0) is 6.08 Å². The average Bonchev–Trinajstić information content (AvgIpc) is 2.14. The van der Waals surface area contributed by atoms with E-state index in [1.165, 1.54) is 15.9 Å². The SMILES string of the molecule is C=CC(Cl)=CC(=C)N(C)C(=O)N(C)C. The minimum atomic E-state index is -0.153. The van der Waals surface area contributed by atoms with Crippen molar-refractivity contribution in [2.45, 2.75) is 0 Å². The molecular weight excluding hydrogens is 200 g/mol. The van der Waals surface area contributed by atoms with Crippen molar-refractivity contribution in [3.63, 3.8) is 0 Å². The lowest BCUT2D eigenvalue weighted by Crippen LogP contribution is -2.35. The van der Waals surface area contributed by atoms with E-state index in [0.29, 0.717) is 10.7 Å². The molecule has 2 amide bonds. The monoisotopic (exact) mass is 214 g/mol. The maximum atomic E-state index is 11.4. The Kier molecular flexibility index (Phi) is 5.02. The Morgan fingerprint density at radius 1 is 1.36 bits per heavy atom. The number of urea groups is 1. The average molecular weight is 215 g/mol. The van der Waals surface area contributed by atoms with Gasteiger partial charge < -0.3 is 4.90 Å². The fourth-order valence-corrected chi connectivity index (χ4v) is 0.864. The number of rotatable bonds is 3. The first-order valence-electron chi connectivity index (χ1n) is 4.03. The zero-order chi connectivity index (χ0) is 11.3. The lowest BCUT2D eigenvalue weighted by atomic mass is 10.3. The van der Waals surface area contributed by atoms with Crippen molar-refractivity contribution in [2.75, 3.05) is 21.1 Å². The number of halogens is 1. The molecule has 0 aromatic carbocycles. The van der Waals surface area contributed by atoms with Crippen LogP contribution in [0.25, 0.3) is 0 Å². The molecule has 0 atom stereocenters. The minimum Gasteiger partial charge on any atom is -0.330 e. The number of carbonyl (C=O) groups is 1. The van der Waals surface area contributed by atoms with Gasteiger partial charge in [-0.25, -0.2) is 4.79 Å². The summed E-state index contributed by atoms with van der Waals surface area (Å²) in [5.41, 5.74) is 0.522. The van der Waals surface area contributed by atoms with E-state index < -0.39 is 0 Å². The third-order valence-electron chi connectivity index (χ3n) is 1.60. The summed E-state index contributed by atoms with van der Waals surface area (Å²) in [6.07, 6.45) is 3.07. The van der Waals surface area contributed by atoms with Crippen LogP contribution >= 0.6 is 11.6 Å². The van der Waals surface area contributed by atoms with Crippen LogP contribution in [0.1, 0.15) is 0 Å². The fourth-order valence-electron chi connectivity index (χ4n) is 0.738. The smallest absolute Gasteiger partial charge is 0.323 e. The Hall–Kier alpha value is -1.22. The van der Waals surface area contributed by atoms with Gasteiger partial charge in [-0.15, -0.1) is 0 Å². The van der Waals surface area contributed by atoms with Gasteiger partial charge in [0, 0.05) is 31.9 Å². The molecule has 3 nitrogen and oxygen atoms in total. The molecule has 0 radical (unpaired) electrons. The number of hydrogen-bond acceptors (Lipinski definition) is 1. The van der Waals surface area contributed by atoms with Crippen LogP contribution in [0.3, 0.4) is 0 Å². The Balaban J connectivity index is 4.56. The molecule has 0 N–H and O–H groups in total. The largest absolute Gasteiger partial charge is 0.330 e. The first-order valence-corrected chi connectivity index (χ1v) is 4.41. The van der Waals surface area contributed by atoms with Gasteiger partial charge in [-0.3, -0.25) is 4.90 Å². The standard InChI is InChI=1S/C10H15ClN2O/c1-6-9(11)7-8(2)13(5)10(14)12(3)4/h6-7H,1-2H2,3-5H3. The number of allylic oxidation sites excluding steroid dienone is 3. The summed E-state index contributed by atoms with van der Waals surface area (Å²) >= 11 is 5.72. The van der Waals surface area contributed by atoms with Crippen LogP contribution in [0, 0.1) is 0 Å². The molecule has 0 spiro atoms. The molecule has 78 valence electrons. The highest BCUT2D eigenvalue weighted by Gasteiger charge is 2.11. The quantitative estimate of drug-likeness (QED) is 0.662. The molecule has 0 aromatic heterocycles. The highest BCUT2D eigenvalue weighted by atomic mass is 35.5. The fraction of sp³-hybridized carbons (Fsp3) is 0.300. The number of carbonyl (C=O) groups excluding carboxylic acids is 1. The third-order valence-corrected chi connectivity index (χ3v) is 1.86. The van der Waals surface area contributed by atoms with E-state index in [4.69, 9.17) is 11.6 Å². The summed E-state index contributed by atoms with van der Waals surface area (Å²) in [6, 6.07) is -0.153. The van der Waals surface area contributed by atoms with Crippen molar-refractivity contribution < 1.29 is 4.79 Å². The van der Waals surface area contributed by atoms with Gasteiger partial charge in [0.2, 0.25) is 0 Å². The molecule has 0 aromatic rings. The van der Waals surface area contributed by atoms with Crippen LogP contribution in [-0.4, -0.2) is 37.0 Å². The lowest BCUT2D eigenvalue weighted by molar-refractivity contribution is 0.194. The Labute approximate surface area is 89.9 Å². The third kappa shape index (κ3) is 3.66. The molecule has 0 unspecified atom stereocenters. The molecule has 0 aliphatic heterocycles. The van der Waals surface area contributed by atoms with E-state index in [9.17, 15) is 4.79 Å². The van der Waals surface area contributed by atoms with E-state index in [2.05, 4.69) is 13.2 Å². The second-order valence-corrected chi connectivity index (χ2v) is 3.40. The van der Waals surface area contributed by atoms with Gasteiger partial charge in [0.25, 0.3) is 0 Å². The summed E-state index contributed by atoms with van der Waals surface area (Å²) in [6.45, 7) is 7.21. The normalized spacial score (nSPS) is 10.7. The number of hydrogen-bond donors (Lipinski definition) is 0. The van der Waals surface area contributed by atoms with Crippen molar-refractivity contribution in [3.8, 4) is 0 Å². The van der Waals surface area contributed by atoms with Gasteiger partial charge in [0.1, 0.15) is 0 Å². The number of amides is 2. The second-order valence-electron chi connectivity index (χ2n) is 2.96. The first kappa shape index (κ1) is 12.8. The Morgan fingerprint density at radius 2 is 1.86 bits per heavy atom. The van der Waals surface area contributed by atoms with Gasteiger partial charge in [-0.2, -0.15) is 0 Å². The summed E-state index contributed by atoms with van der Waals surface area (Å²) in [7, 11) is 4.98. The maximum absolute atomic E-state index is 11.4. The summed E-state index contributed by atoms with van der Waals surface area (Å²) in [4.78, 5) is 14.3. The molecule has 0 bridgehead atoms. The van der Waals surface area contributed by atoms with Crippen molar-refractivity contribution >= 4 is 17.6 Å². The molecule has 0 aliphatic rings. The van der Waals surface area contributed by atoms with Crippen molar-refractivity contribution in [3.05, 3.63) is 36.0 Å². The van der Waals surface area contributed by atoms with Crippen LogP contribution in [0.4, 0.5) is 4.79 Å². The van der Waals surface area contributed by atoms with Crippen LogP contribution in [0.2, 0.25) is 0 Å². The second kappa shape index (κ2) is 5.50. The molecule has 0 aliphatic carbocycles. The van der Waals surface area contributed by atoms with Crippen LogP contribution in [0.15, 0.2) is 36.0 Å². The molecule has 0 saturated carbocycles. The Morgan fingerprint density at radius 3 is 2.21 bits per heavy atom. The summed E-state index contributed by atoms with van der Waals surface area (Å²) < 4.78 is 0. The molecule has 0 fully saturated rings. The molecule has 14 heavy (non-hydrogen) atoms. The van der Waals surface area contributed by atoms with Crippen molar-refractivity contribution in [1.82, 2.24) is 9.80 Å². The van der Waals surface area contributed by atoms with Crippen LogP contribution in [-0.2, 0) is 0 Å². The molecule has 0 saturated heterocycles. The minimum absolute atomic E-state index is 0.153. The zero-order valence-corrected chi connectivity index (χ0v) is 9.51. The van der Waals surface area contributed by atoms with E-state index in [-0.39, 0.29) is 6.03 Å². The molecular formula is C10H15ClN2O. The van der Waals surface area contributed by atoms with Crippen LogP contribution in [0.5, 0.6) is 0 Å². The van der Waals surface area contributed by atoms with E-state index in [0.717, 1.165) is 0 Å². The first-order chi connectivity index (χ1) is 6.40. The predicted molar refractivity (Wildman–Crippen MR) is 60.1 cm³/mol. The highest BCUT2D eigenvalue weighted by Crippen LogP contribution is 2.10. The van der Waals surface area contributed by atoms with Crippen molar-refractivity contribution in [2.24, 2.45) is 0 Å². The van der Waals surface area contributed by atoms with Crippen molar-refractivity contribution in [1.29, 1.82) is 0 Å². The van der Waals surface area contributed by atoms with Gasteiger partial charge in [0.05, 0.1) is 0 Å². The van der Waals surface area contributed by atoms with Gasteiger partial charge in [0.15, 0.2) is 0 Å². The maximum Gasteiger partial charge on any atom is 0.323 e. The van der Waals surface area contributed by atoms with Gasteiger partial charge in [-0.1, -0.05) is 30.8 Å². The van der Waals surface area contributed by atoms with Gasteiger partial charge >= 0.3 is 6.03 Å². The molecule has 0 heterocycles. The lowest BCUT2D eigenvalue weighted by Gasteiger charge is -2.21. The Bertz CT molecular complexity index is 282. The molecule has 0 rings (SSSR count). The summed E-state index contributed by atoms with van der Waals surface area (Å²) in [5.74, 6) is 0. The predicted octanol–water partition coefficient (Wildman–Crippen LogP) is 2.42. The van der Waals surface area contributed by atoms with E-state index in [1.807, 2.05) is 0 Å². The topological polar surface area (TPSA) is 23.6 Å². The zero-order valence-electron chi connectivity index (χ0n) is 8.75. The molecule has 4 heteroatoms.